The molecular formula is C23H22ClN2O4S-. The Bertz CT molecular complexity index is 1030. The minimum absolute atomic E-state index is 0.0686. The molecule has 0 saturated carbocycles. The zero-order valence-corrected chi connectivity index (χ0v) is 18.2. The maximum atomic E-state index is 12.4. The van der Waals surface area contributed by atoms with Crippen molar-refractivity contribution in [1.82, 2.24) is 5.32 Å². The molecule has 0 aromatic heterocycles. The second-order valence-corrected chi connectivity index (χ2v) is 8.13. The van der Waals surface area contributed by atoms with Crippen molar-refractivity contribution in [2.75, 3.05) is 17.4 Å². The van der Waals surface area contributed by atoms with Gasteiger partial charge in [0.1, 0.15) is 0 Å². The van der Waals surface area contributed by atoms with Crippen molar-refractivity contribution in [3.05, 3.63) is 101 Å². The second kappa shape index (κ2) is 11.1. The Labute approximate surface area is 188 Å². The monoisotopic (exact) mass is 457 g/mol. The third kappa shape index (κ3) is 6.38. The van der Waals surface area contributed by atoms with Crippen LogP contribution >= 0.6 is 11.6 Å². The van der Waals surface area contributed by atoms with Crippen LogP contribution in [0, 0.1) is 0 Å². The molecule has 0 aliphatic rings. The van der Waals surface area contributed by atoms with Crippen LogP contribution < -0.4 is 9.62 Å². The first-order valence-electron chi connectivity index (χ1n) is 9.67. The summed E-state index contributed by atoms with van der Waals surface area (Å²) in [5.74, 6) is -0.354. The Morgan fingerprint density at radius 1 is 1.03 bits per heavy atom. The average Bonchev–Trinajstić information content (AvgIpc) is 2.79. The third-order valence-corrected chi connectivity index (χ3v) is 5.90. The first-order chi connectivity index (χ1) is 15.0. The summed E-state index contributed by atoms with van der Waals surface area (Å²) >= 11 is 3.67. The Hall–Kier alpha value is -2.71. The third-order valence-electron chi connectivity index (χ3n) is 4.78. The molecule has 0 radical (unpaired) electrons. The van der Waals surface area contributed by atoms with Crippen LogP contribution in [-0.4, -0.2) is 32.9 Å². The molecule has 0 saturated heterocycles. The summed E-state index contributed by atoms with van der Waals surface area (Å²) in [4.78, 5) is 12.4. The van der Waals surface area contributed by atoms with Crippen LogP contribution in [0.4, 0.5) is 5.69 Å². The molecule has 0 aliphatic heterocycles. The van der Waals surface area contributed by atoms with E-state index in [9.17, 15) is 18.7 Å². The number of hydrogen-bond donors (Lipinski definition) is 2. The van der Waals surface area contributed by atoms with Gasteiger partial charge in [-0.2, -0.15) is 0 Å². The smallest absolute Gasteiger partial charge is 0.251 e. The van der Waals surface area contributed by atoms with Gasteiger partial charge in [-0.15, -0.1) is 0 Å². The van der Waals surface area contributed by atoms with Gasteiger partial charge in [0.2, 0.25) is 0 Å². The van der Waals surface area contributed by atoms with Crippen molar-refractivity contribution in [3.8, 4) is 0 Å². The maximum Gasteiger partial charge on any atom is 0.251 e. The van der Waals surface area contributed by atoms with E-state index in [1.807, 2.05) is 36.4 Å². The van der Waals surface area contributed by atoms with Gasteiger partial charge in [-0.25, -0.2) is 0 Å². The molecule has 0 fully saturated rings. The molecular weight excluding hydrogens is 436 g/mol. The molecule has 2 unspecified atom stereocenters. The topological polar surface area (TPSA) is 92.7 Å². The van der Waals surface area contributed by atoms with Gasteiger partial charge < -0.3 is 19.3 Å². The molecule has 162 valence electrons. The van der Waals surface area contributed by atoms with E-state index < -0.39 is 17.4 Å². The van der Waals surface area contributed by atoms with E-state index in [2.05, 4.69) is 5.32 Å². The quantitative estimate of drug-likeness (QED) is 0.480. The zero-order valence-electron chi connectivity index (χ0n) is 16.6. The minimum Gasteiger partial charge on any atom is -0.755 e. The lowest BCUT2D eigenvalue weighted by Crippen LogP contribution is -2.29. The number of carbonyl (C=O) groups excluding carboxylic acids is 1. The SMILES string of the molecule is O=C(NCC(O)c1ccccc1)c1ccc(N(CCc2ccccc2Cl)S(=O)[O-])cc1. The minimum atomic E-state index is -2.48. The molecule has 2 N–H and O–H groups in total. The van der Waals surface area contributed by atoms with E-state index in [-0.39, 0.29) is 19.0 Å². The Morgan fingerprint density at radius 3 is 2.32 bits per heavy atom. The lowest BCUT2D eigenvalue weighted by Gasteiger charge is -2.26. The fourth-order valence-corrected chi connectivity index (χ4v) is 3.84. The molecule has 3 aromatic rings. The van der Waals surface area contributed by atoms with Gasteiger partial charge in [-0.1, -0.05) is 60.1 Å². The van der Waals surface area contributed by atoms with Gasteiger partial charge in [0, 0.05) is 40.6 Å². The highest BCUT2D eigenvalue weighted by molar-refractivity contribution is 7.80. The molecule has 3 aromatic carbocycles. The Morgan fingerprint density at radius 2 is 1.68 bits per heavy atom. The normalized spacial score (nSPS) is 12.7. The van der Waals surface area contributed by atoms with Crippen LogP contribution in [0.2, 0.25) is 5.02 Å². The standard InChI is InChI=1S/C23H23ClN2O4S/c24-21-9-5-4-6-17(21)14-15-26(31(29)30)20-12-10-19(11-13-20)23(28)25-16-22(27)18-7-2-1-3-8-18/h1-13,22,27H,14-16H2,(H,25,28)(H,29,30)/p-1. The fraction of sp³-hybridized carbons (Fsp3) is 0.174. The second-order valence-electron chi connectivity index (χ2n) is 6.84. The van der Waals surface area contributed by atoms with E-state index >= 15 is 0 Å². The number of nitrogens with zero attached hydrogens (tertiary/aromatic N) is 1. The van der Waals surface area contributed by atoms with Gasteiger partial charge >= 0.3 is 0 Å². The van der Waals surface area contributed by atoms with E-state index in [1.165, 1.54) is 4.31 Å². The van der Waals surface area contributed by atoms with Gasteiger partial charge in [0.15, 0.2) is 0 Å². The number of aliphatic hydroxyl groups excluding tert-OH is 1. The average molecular weight is 458 g/mol. The molecule has 0 heterocycles. The van der Waals surface area contributed by atoms with Gasteiger partial charge in [0.25, 0.3) is 5.91 Å². The summed E-state index contributed by atoms with van der Waals surface area (Å²) in [6.07, 6.45) is -0.361. The van der Waals surface area contributed by atoms with Crippen LogP contribution in [0.5, 0.6) is 0 Å². The van der Waals surface area contributed by atoms with Crippen LogP contribution in [0.3, 0.4) is 0 Å². The maximum absolute atomic E-state index is 12.4. The molecule has 2 atom stereocenters. The van der Waals surface area contributed by atoms with Crippen molar-refractivity contribution in [2.24, 2.45) is 0 Å². The zero-order chi connectivity index (χ0) is 22.2. The van der Waals surface area contributed by atoms with E-state index in [4.69, 9.17) is 11.6 Å². The first kappa shape index (κ1) is 23.0. The Balaban J connectivity index is 1.61. The summed E-state index contributed by atoms with van der Waals surface area (Å²) < 4.78 is 24.7. The molecule has 0 spiro atoms. The van der Waals surface area contributed by atoms with Crippen LogP contribution in [0.25, 0.3) is 0 Å². The van der Waals surface area contributed by atoms with Crippen LogP contribution in [0.15, 0.2) is 78.9 Å². The fourth-order valence-electron chi connectivity index (χ4n) is 3.08. The van der Waals surface area contributed by atoms with E-state index in [0.29, 0.717) is 28.3 Å². The largest absolute Gasteiger partial charge is 0.755 e. The first-order valence-corrected chi connectivity index (χ1v) is 11.1. The van der Waals surface area contributed by atoms with Crippen molar-refractivity contribution in [2.45, 2.75) is 12.5 Å². The Kier molecular flexibility index (Phi) is 8.20. The summed E-state index contributed by atoms with van der Waals surface area (Å²) in [6, 6.07) is 22.6. The molecule has 31 heavy (non-hydrogen) atoms. The number of aliphatic hydroxyl groups is 1. The number of amides is 1. The lowest BCUT2D eigenvalue weighted by atomic mass is 10.1. The van der Waals surface area contributed by atoms with Crippen molar-refractivity contribution >= 4 is 34.5 Å². The number of halogens is 1. The number of hydrogen-bond acceptors (Lipinski definition) is 4. The molecule has 1 amide bonds. The predicted molar refractivity (Wildman–Crippen MR) is 122 cm³/mol. The number of nitrogens with one attached hydrogen (secondary N) is 1. The van der Waals surface area contributed by atoms with Crippen LogP contribution in [-0.2, 0) is 17.7 Å². The summed E-state index contributed by atoms with van der Waals surface area (Å²) in [5, 5.41) is 13.4. The summed E-state index contributed by atoms with van der Waals surface area (Å²) in [6.45, 7) is 0.286. The molecule has 0 bridgehead atoms. The number of anilines is 1. The van der Waals surface area contributed by atoms with Gasteiger partial charge in [0.05, 0.1) is 6.10 Å². The molecule has 6 nitrogen and oxygen atoms in total. The van der Waals surface area contributed by atoms with Crippen molar-refractivity contribution < 1.29 is 18.7 Å². The molecule has 0 aliphatic carbocycles. The van der Waals surface area contributed by atoms with Gasteiger partial charge in [-0.3, -0.25) is 9.00 Å². The number of rotatable bonds is 9. The summed E-state index contributed by atoms with van der Waals surface area (Å²) in [5.41, 5.74) is 2.38. The number of carbonyl (C=O) groups is 1. The van der Waals surface area contributed by atoms with E-state index in [0.717, 1.165) is 5.56 Å². The van der Waals surface area contributed by atoms with Crippen LogP contribution in [0.1, 0.15) is 27.6 Å². The molecule has 8 heteroatoms. The lowest BCUT2D eigenvalue weighted by molar-refractivity contribution is 0.0916. The summed E-state index contributed by atoms with van der Waals surface area (Å²) in [7, 11) is 0. The molecule has 3 rings (SSSR count). The van der Waals surface area contributed by atoms with Crippen molar-refractivity contribution in [1.29, 1.82) is 0 Å². The highest BCUT2D eigenvalue weighted by Crippen LogP contribution is 2.20. The van der Waals surface area contributed by atoms with Gasteiger partial charge in [-0.05, 0) is 47.9 Å². The highest BCUT2D eigenvalue weighted by atomic mass is 35.5. The van der Waals surface area contributed by atoms with Crippen molar-refractivity contribution in [3.63, 3.8) is 0 Å². The van der Waals surface area contributed by atoms with E-state index in [1.54, 1.807) is 42.5 Å². The number of benzene rings is 3. The highest BCUT2D eigenvalue weighted by Gasteiger charge is 2.13. The predicted octanol–water partition coefficient (Wildman–Crippen LogP) is 3.65.